The minimum atomic E-state index is -0.00777. The van der Waals surface area contributed by atoms with Crippen molar-refractivity contribution < 1.29 is 4.79 Å². The number of aromatic nitrogens is 1. The molecule has 4 heteroatoms. The number of nitrogens with two attached hydrogens (primary N) is 1. The van der Waals surface area contributed by atoms with Crippen LogP contribution >= 0.6 is 0 Å². The fourth-order valence-corrected chi connectivity index (χ4v) is 1.89. The average Bonchev–Trinajstić information content (AvgIpc) is 2.45. The first-order valence-electron chi connectivity index (χ1n) is 6.24. The van der Waals surface area contributed by atoms with Crippen molar-refractivity contribution in [3.05, 3.63) is 59.9 Å². The van der Waals surface area contributed by atoms with Gasteiger partial charge in [-0.1, -0.05) is 6.07 Å². The molecule has 1 heterocycles. The standard InChI is InChI=1S/C15H17N3O/c1-2-18(11-12-6-8-17-9-7-12)15(19)13-4-3-5-14(16)10-13/h3-10H,2,11,16H2,1H3. The SMILES string of the molecule is CCN(Cc1ccncc1)C(=O)c1cccc(N)c1. The molecule has 0 saturated carbocycles. The summed E-state index contributed by atoms with van der Waals surface area (Å²) in [6, 6.07) is 10.9. The Labute approximate surface area is 112 Å². The molecular weight excluding hydrogens is 238 g/mol. The Balaban J connectivity index is 2.16. The second kappa shape index (κ2) is 6.00. The third kappa shape index (κ3) is 3.31. The van der Waals surface area contributed by atoms with E-state index in [9.17, 15) is 4.79 Å². The zero-order chi connectivity index (χ0) is 13.7. The largest absolute Gasteiger partial charge is 0.399 e. The summed E-state index contributed by atoms with van der Waals surface area (Å²) < 4.78 is 0. The molecule has 1 amide bonds. The number of anilines is 1. The lowest BCUT2D eigenvalue weighted by Gasteiger charge is -2.21. The number of amides is 1. The Morgan fingerprint density at radius 1 is 1.26 bits per heavy atom. The van der Waals surface area contributed by atoms with Crippen LogP contribution in [-0.4, -0.2) is 22.3 Å². The summed E-state index contributed by atoms with van der Waals surface area (Å²) in [4.78, 5) is 18.1. The lowest BCUT2D eigenvalue weighted by Crippen LogP contribution is -2.30. The van der Waals surface area contributed by atoms with E-state index in [4.69, 9.17) is 5.73 Å². The van der Waals surface area contributed by atoms with Gasteiger partial charge in [-0.05, 0) is 42.8 Å². The van der Waals surface area contributed by atoms with E-state index in [1.54, 1.807) is 41.6 Å². The molecule has 1 aromatic carbocycles. The highest BCUT2D eigenvalue weighted by atomic mass is 16.2. The Morgan fingerprint density at radius 3 is 2.63 bits per heavy atom. The number of benzene rings is 1. The van der Waals surface area contributed by atoms with Crippen molar-refractivity contribution in [2.24, 2.45) is 0 Å². The molecule has 19 heavy (non-hydrogen) atoms. The Morgan fingerprint density at radius 2 is 2.00 bits per heavy atom. The summed E-state index contributed by atoms with van der Waals surface area (Å²) in [5.74, 6) is -0.00777. The molecule has 2 aromatic rings. The molecule has 0 atom stereocenters. The molecule has 0 aliphatic rings. The Kier molecular flexibility index (Phi) is 4.13. The van der Waals surface area contributed by atoms with Gasteiger partial charge in [0.05, 0.1) is 0 Å². The van der Waals surface area contributed by atoms with Crippen LogP contribution in [0.5, 0.6) is 0 Å². The van der Waals surface area contributed by atoms with E-state index in [1.807, 2.05) is 19.1 Å². The molecule has 0 saturated heterocycles. The number of rotatable bonds is 4. The van der Waals surface area contributed by atoms with Crippen molar-refractivity contribution in [3.63, 3.8) is 0 Å². The van der Waals surface area contributed by atoms with Crippen molar-refractivity contribution in [1.82, 2.24) is 9.88 Å². The van der Waals surface area contributed by atoms with Crippen LogP contribution in [0.4, 0.5) is 5.69 Å². The number of pyridine rings is 1. The maximum atomic E-state index is 12.4. The van der Waals surface area contributed by atoms with Crippen LogP contribution in [0, 0.1) is 0 Å². The number of nitrogen functional groups attached to an aromatic ring is 1. The van der Waals surface area contributed by atoms with E-state index < -0.39 is 0 Å². The summed E-state index contributed by atoms with van der Waals surface area (Å²) in [7, 11) is 0. The number of hydrogen-bond acceptors (Lipinski definition) is 3. The monoisotopic (exact) mass is 255 g/mol. The number of nitrogens with zero attached hydrogens (tertiary/aromatic N) is 2. The molecule has 0 unspecified atom stereocenters. The van der Waals surface area contributed by atoms with Gasteiger partial charge in [0.1, 0.15) is 0 Å². The van der Waals surface area contributed by atoms with Crippen LogP contribution in [0.15, 0.2) is 48.8 Å². The van der Waals surface area contributed by atoms with Crippen LogP contribution in [0.2, 0.25) is 0 Å². The molecule has 0 fully saturated rings. The predicted molar refractivity (Wildman–Crippen MR) is 75.5 cm³/mol. The van der Waals surface area contributed by atoms with Gasteiger partial charge in [-0.15, -0.1) is 0 Å². The topological polar surface area (TPSA) is 59.2 Å². The predicted octanol–water partition coefficient (Wildman–Crippen LogP) is 2.33. The van der Waals surface area contributed by atoms with Crippen molar-refractivity contribution in [2.45, 2.75) is 13.5 Å². The number of carbonyl (C=O) groups excluding carboxylic acids is 1. The molecule has 0 spiro atoms. The molecule has 0 bridgehead atoms. The molecule has 0 aliphatic heterocycles. The highest BCUT2D eigenvalue weighted by Crippen LogP contribution is 2.12. The molecule has 1 aromatic heterocycles. The summed E-state index contributed by atoms with van der Waals surface area (Å²) in [5, 5.41) is 0. The fraction of sp³-hybridized carbons (Fsp3) is 0.200. The van der Waals surface area contributed by atoms with Crippen LogP contribution in [-0.2, 0) is 6.54 Å². The van der Waals surface area contributed by atoms with Gasteiger partial charge < -0.3 is 10.6 Å². The minimum Gasteiger partial charge on any atom is -0.399 e. The van der Waals surface area contributed by atoms with Gasteiger partial charge in [0, 0.05) is 36.7 Å². The third-order valence-electron chi connectivity index (χ3n) is 2.93. The van der Waals surface area contributed by atoms with Gasteiger partial charge in [0.25, 0.3) is 5.91 Å². The summed E-state index contributed by atoms with van der Waals surface area (Å²) in [6.45, 7) is 3.19. The quantitative estimate of drug-likeness (QED) is 0.853. The highest BCUT2D eigenvalue weighted by Gasteiger charge is 2.14. The molecular formula is C15H17N3O. The maximum absolute atomic E-state index is 12.4. The number of hydrogen-bond donors (Lipinski definition) is 1. The zero-order valence-corrected chi connectivity index (χ0v) is 10.9. The number of carbonyl (C=O) groups is 1. The van der Waals surface area contributed by atoms with Gasteiger partial charge >= 0.3 is 0 Å². The second-order valence-corrected chi connectivity index (χ2v) is 4.30. The Hall–Kier alpha value is -2.36. The van der Waals surface area contributed by atoms with Gasteiger partial charge in [-0.25, -0.2) is 0 Å². The van der Waals surface area contributed by atoms with E-state index in [2.05, 4.69) is 4.98 Å². The molecule has 4 nitrogen and oxygen atoms in total. The fourth-order valence-electron chi connectivity index (χ4n) is 1.89. The van der Waals surface area contributed by atoms with Crippen LogP contribution in [0.25, 0.3) is 0 Å². The molecule has 0 radical (unpaired) electrons. The lowest BCUT2D eigenvalue weighted by molar-refractivity contribution is 0.0752. The molecule has 98 valence electrons. The van der Waals surface area contributed by atoms with Crippen molar-refractivity contribution in [1.29, 1.82) is 0 Å². The van der Waals surface area contributed by atoms with Crippen LogP contribution in [0.3, 0.4) is 0 Å². The van der Waals surface area contributed by atoms with E-state index >= 15 is 0 Å². The zero-order valence-electron chi connectivity index (χ0n) is 10.9. The average molecular weight is 255 g/mol. The molecule has 2 N–H and O–H groups in total. The van der Waals surface area contributed by atoms with E-state index in [-0.39, 0.29) is 5.91 Å². The van der Waals surface area contributed by atoms with Crippen molar-refractivity contribution in [2.75, 3.05) is 12.3 Å². The van der Waals surface area contributed by atoms with Crippen molar-refractivity contribution in [3.8, 4) is 0 Å². The smallest absolute Gasteiger partial charge is 0.254 e. The third-order valence-corrected chi connectivity index (χ3v) is 2.93. The van der Waals surface area contributed by atoms with Crippen LogP contribution in [0.1, 0.15) is 22.8 Å². The minimum absolute atomic E-state index is 0.00777. The summed E-state index contributed by atoms with van der Waals surface area (Å²) >= 11 is 0. The van der Waals surface area contributed by atoms with Crippen molar-refractivity contribution >= 4 is 11.6 Å². The van der Waals surface area contributed by atoms with Crippen LogP contribution < -0.4 is 5.73 Å². The second-order valence-electron chi connectivity index (χ2n) is 4.30. The Bertz CT molecular complexity index is 554. The lowest BCUT2D eigenvalue weighted by atomic mass is 10.1. The van der Waals surface area contributed by atoms with Gasteiger partial charge in [-0.3, -0.25) is 9.78 Å². The first kappa shape index (κ1) is 13.1. The van der Waals surface area contributed by atoms with Gasteiger partial charge in [-0.2, -0.15) is 0 Å². The normalized spacial score (nSPS) is 10.2. The van der Waals surface area contributed by atoms with Gasteiger partial charge in [0.2, 0.25) is 0 Å². The molecule has 2 rings (SSSR count). The van der Waals surface area contributed by atoms with E-state index in [0.29, 0.717) is 24.3 Å². The first-order valence-corrected chi connectivity index (χ1v) is 6.24. The maximum Gasteiger partial charge on any atom is 0.254 e. The molecule has 0 aliphatic carbocycles. The highest BCUT2D eigenvalue weighted by molar-refractivity contribution is 5.95. The van der Waals surface area contributed by atoms with E-state index in [1.165, 1.54) is 0 Å². The first-order chi connectivity index (χ1) is 9.20. The summed E-state index contributed by atoms with van der Waals surface area (Å²) in [5.41, 5.74) is 8.00. The summed E-state index contributed by atoms with van der Waals surface area (Å²) in [6.07, 6.45) is 3.46. The van der Waals surface area contributed by atoms with Gasteiger partial charge in [0.15, 0.2) is 0 Å². The van der Waals surface area contributed by atoms with E-state index in [0.717, 1.165) is 5.56 Å².